The van der Waals surface area contributed by atoms with E-state index in [1.165, 1.54) is 6.08 Å². The Hall–Kier alpha value is -1.32. The summed E-state index contributed by atoms with van der Waals surface area (Å²) in [5, 5.41) is 0. The average Bonchev–Trinajstić information content (AvgIpc) is 2.14. The predicted molar refractivity (Wildman–Crippen MR) is 58.0 cm³/mol. The van der Waals surface area contributed by atoms with Gasteiger partial charge in [-0.15, -0.1) is 0 Å². The van der Waals surface area contributed by atoms with Crippen LogP contribution in [0, 0.1) is 5.92 Å². The Morgan fingerprint density at radius 1 is 1.40 bits per heavy atom. The maximum absolute atomic E-state index is 11.2. The van der Waals surface area contributed by atoms with E-state index in [4.69, 9.17) is 10.5 Å². The summed E-state index contributed by atoms with van der Waals surface area (Å²) in [6, 6.07) is 0. The molecule has 4 heteroatoms. The van der Waals surface area contributed by atoms with Crippen LogP contribution in [-0.2, 0) is 14.3 Å². The molecule has 0 aromatic carbocycles. The molecule has 0 aliphatic rings. The summed E-state index contributed by atoms with van der Waals surface area (Å²) < 4.78 is 4.91. The maximum Gasteiger partial charge on any atom is 0.331 e. The van der Waals surface area contributed by atoms with Gasteiger partial charge >= 0.3 is 5.97 Å². The highest BCUT2D eigenvalue weighted by Crippen LogP contribution is 2.04. The van der Waals surface area contributed by atoms with Crippen LogP contribution in [0.4, 0.5) is 0 Å². The van der Waals surface area contributed by atoms with Gasteiger partial charge in [0.15, 0.2) is 0 Å². The number of esters is 1. The molecule has 0 aromatic heterocycles. The highest BCUT2D eigenvalue weighted by atomic mass is 16.5. The zero-order chi connectivity index (χ0) is 11.8. The number of hydrogen-bond acceptors (Lipinski definition) is 3. The quantitative estimate of drug-likeness (QED) is 0.535. The third kappa shape index (κ3) is 6.71. The Bertz CT molecular complexity index is 257. The van der Waals surface area contributed by atoms with Crippen molar-refractivity contribution in [2.24, 2.45) is 11.7 Å². The van der Waals surface area contributed by atoms with Gasteiger partial charge in [-0.1, -0.05) is 27.2 Å². The van der Waals surface area contributed by atoms with Crippen LogP contribution in [0.3, 0.4) is 0 Å². The van der Waals surface area contributed by atoms with Gasteiger partial charge in [-0.25, -0.2) is 4.79 Å². The van der Waals surface area contributed by atoms with E-state index in [2.05, 4.69) is 0 Å². The van der Waals surface area contributed by atoms with Crippen molar-refractivity contribution in [1.29, 1.82) is 0 Å². The van der Waals surface area contributed by atoms with E-state index in [1.54, 1.807) is 0 Å². The monoisotopic (exact) mass is 213 g/mol. The van der Waals surface area contributed by atoms with Gasteiger partial charge in [0.2, 0.25) is 5.91 Å². The molecule has 0 radical (unpaired) electrons. The van der Waals surface area contributed by atoms with Gasteiger partial charge in [0, 0.05) is 11.6 Å². The summed E-state index contributed by atoms with van der Waals surface area (Å²) in [6.07, 6.45) is 2.46. The summed E-state index contributed by atoms with van der Waals surface area (Å²) >= 11 is 0. The second-order valence-electron chi connectivity index (χ2n) is 3.81. The number of carbonyl (C=O) groups is 2. The third-order valence-electron chi connectivity index (χ3n) is 1.69. The van der Waals surface area contributed by atoms with E-state index >= 15 is 0 Å². The first-order valence-corrected chi connectivity index (χ1v) is 5.14. The standard InChI is InChI=1S/C11H19NO3/c1-4-5-9(11(12)14)6-10(13)15-7-8(2)3/h6,8H,4-5,7H2,1-3H3,(H2,12,14)/b9-6-. The lowest BCUT2D eigenvalue weighted by Gasteiger charge is -2.05. The molecule has 15 heavy (non-hydrogen) atoms. The van der Waals surface area contributed by atoms with E-state index in [-0.39, 0.29) is 5.92 Å². The third-order valence-corrected chi connectivity index (χ3v) is 1.69. The zero-order valence-electron chi connectivity index (χ0n) is 9.58. The minimum absolute atomic E-state index is 0.283. The van der Waals surface area contributed by atoms with Crippen molar-refractivity contribution < 1.29 is 14.3 Å². The molecule has 0 aliphatic carbocycles. The first-order chi connectivity index (χ1) is 6.97. The minimum atomic E-state index is -0.557. The van der Waals surface area contributed by atoms with Crippen molar-refractivity contribution in [2.75, 3.05) is 6.61 Å². The molecule has 0 saturated carbocycles. The fourth-order valence-corrected chi connectivity index (χ4v) is 0.969. The van der Waals surface area contributed by atoms with E-state index < -0.39 is 11.9 Å². The van der Waals surface area contributed by atoms with Crippen LogP contribution in [0.5, 0.6) is 0 Å². The van der Waals surface area contributed by atoms with Crippen LogP contribution in [0.2, 0.25) is 0 Å². The van der Waals surface area contributed by atoms with Gasteiger partial charge in [-0.2, -0.15) is 0 Å². The summed E-state index contributed by atoms with van der Waals surface area (Å²) in [7, 11) is 0. The molecule has 0 aliphatic heterocycles. The fraction of sp³-hybridized carbons (Fsp3) is 0.636. The first kappa shape index (κ1) is 13.7. The van der Waals surface area contributed by atoms with Crippen molar-refractivity contribution in [3.05, 3.63) is 11.6 Å². The molecule has 2 N–H and O–H groups in total. The lowest BCUT2D eigenvalue weighted by molar-refractivity contribution is -0.139. The molecular weight excluding hydrogens is 194 g/mol. The van der Waals surface area contributed by atoms with E-state index in [0.717, 1.165) is 6.42 Å². The molecule has 0 aromatic rings. The summed E-state index contributed by atoms with van der Waals surface area (Å²) in [4.78, 5) is 22.1. The Morgan fingerprint density at radius 2 is 2.00 bits per heavy atom. The molecule has 0 saturated heterocycles. The Morgan fingerprint density at radius 3 is 2.40 bits per heavy atom. The van der Waals surface area contributed by atoms with Crippen molar-refractivity contribution in [2.45, 2.75) is 33.6 Å². The summed E-state index contributed by atoms with van der Waals surface area (Å²) in [5.74, 6) is -0.769. The molecule has 0 atom stereocenters. The van der Waals surface area contributed by atoms with Gasteiger partial charge in [0.25, 0.3) is 0 Å². The van der Waals surface area contributed by atoms with Crippen LogP contribution < -0.4 is 5.73 Å². The lowest BCUT2D eigenvalue weighted by Crippen LogP contribution is -2.16. The minimum Gasteiger partial charge on any atom is -0.462 e. The van der Waals surface area contributed by atoms with Gasteiger partial charge in [0.1, 0.15) is 0 Å². The smallest absolute Gasteiger partial charge is 0.331 e. The number of primary amides is 1. The van der Waals surface area contributed by atoms with Gasteiger partial charge in [0.05, 0.1) is 6.61 Å². The highest BCUT2D eigenvalue weighted by Gasteiger charge is 2.08. The van der Waals surface area contributed by atoms with Crippen molar-refractivity contribution in [3.63, 3.8) is 0 Å². The highest BCUT2D eigenvalue weighted by molar-refractivity contribution is 5.98. The molecule has 4 nitrogen and oxygen atoms in total. The Balaban J connectivity index is 4.28. The van der Waals surface area contributed by atoms with Crippen LogP contribution in [-0.4, -0.2) is 18.5 Å². The largest absolute Gasteiger partial charge is 0.462 e. The van der Waals surface area contributed by atoms with Crippen LogP contribution in [0.15, 0.2) is 11.6 Å². The second-order valence-corrected chi connectivity index (χ2v) is 3.81. The summed E-state index contributed by atoms with van der Waals surface area (Å²) in [6.45, 7) is 6.15. The number of carbonyl (C=O) groups excluding carboxylic acids is 2. The number of nitrogens with two attached hydrogens (primary N) is 1. The van der Waals surface area contributed by atoms with Crippen LogP contribution in [0.25, 0.3) is 0 Å². The number of hydrogen-bond donors (Lipinski definition) is 1. The predicted octanol–water partition coefficient (Wildman–Crippen LogP) is 1.40. The second kappa shape index (κ2) is 7.04. The van der Waals surface area contributed by atoms with E-state index in [9.17, 15) is 9.59 Å². The molecule has 1 amide bonds. The molecule has 0 bridgehead atoms. The van der Waals surface area contributed by atoms with Gasteiger partial charge in [-0.05, 0) is 12.3 Å². The summed E-state index contributed by atoms with van der Waals surface area (Å²) in [5.41, 5.74) is 5.44. The topological polar surface area (TPSA) is 69.4 Å². The van der Waals surface area contributed by atoms with E-state index in [1.807, 2.05) is 20.8 Å². The molecule has 0 unspecified atom stereocenters. The number of rotatable bonds is 6. The Labute approximate surface area is 90.5 Å². The normalized spacial score (nSPS) is 11.6. The van der Waals surface area contributed by atoms with Crippen molar-refractivity contribution in [1.82, 2.24) is 0 Å². The fourth-order valence-electron chi connectivity index (χ4n) is 0.969. The van der Waals surface area contributed by atoms with Gasteiger partial charge in [-0.3, -0.25) is 4.79 Å². The molecule has 0 rings (SSSR count). The van der Waals surface area contributed by atoms with Crippen LogP contribution >= 0.6 is 0 Å². The van der Waals surface area contributed by atoms with Gasteiger partial charge < -0.3 is 10.5 Å². The molecule has 0 fully saturated rings. The number of amides is 1. The number of ether oxygens (including phenoxy) is 1. The average molecular weight is 213 g/mol. The van der Waals surface area contributed by atoms with Crippen molar-refractivity contribution in [3.8, 4) is 0 Å². The lowest BCUT2D eigenvalue weighted by atomic mass is 10.1. The van der Waals surface area contributed by atoms with E-state index in [0.29, 0.717) is 18.6 Å². The molecule has 86 valence electrons. The molecule has 0 spiro atoms. The SMILES string of the molecule is CCC/C(=C/C(=O)OCC(C)C)C(N)=O. The molecule has 0 heterocycles. The Kier molecular flexibility index (Phi) is 6.42. The first-order valence-electron chi connectivity index (χ1n) is 5.14. The zero-order valence-corrected chi connectivity index (χ0v) is 9.58. The molecular formula is C11H19NO3. The maximum atomic E-state index is 11.2. The van der Waals surface area contributed by atoms with Crippen molar-refractivity contribution >= 4 is 11.9 Å². The van der Waals surface area contributed by atoms with Crippen LogP contribution in [0.1, 0.15) is 33.6 Å².